The van der Waals surface area contributed by atoms with Crippen LogP contribution in [0.15, 0.2) is 0 Å². The zero-order valence-electron chi connectivity index (χ0n) is 7.69. The van der Waals surface area contributed by atoms with Crippen molar-refractivity contribution in [3.63, 3.8) is 0 Å². The van der Waals surface area contributed by atoms with Gasteiger partial charge in [0.25, 0.3) is 5.91 Å². The third-order valence-corrected chi connectivity index (χ3v) is 2.41. The molecule has 5 heteroatoms. The van der Waals surface area contributed by atoms with Crippen molar-refractivity contribution in [2.24, 2.45) is 0 Å². The van der Waals surface area contributed by atoms with E-state index >= 15 is 0 Å². The Kier molecular flexibility index (Phi) is 2.66. The smallest absolute Gasteiger partial charge is 0.256 e. The van der Waals surface area contributed by atoms with Gasteiger partial charge >= 0.3 is 0 Å². The fourth-order valence-electron chi connectivity index (χ4n) is 1.46. The first kappa shape index (κ1) is 9.44. The molecule has 1 fully saturated rings. The highest BCUT2D eigenvalue weighted by molar-refractivity contribution is 5.88. The van der Waals surface area contributed by atoms with Gasteiger partial charge in [-0.25, -0.2) is 0 Å². The fourth-order valence-corrected chi connectivity index (χ4v) is 1.46. The second-order valence-electron chi connectivity index (χ2n) is 2.92. The van der Waals surface area contributed by atoms with Gasteiger partial charge < -0.3 is 10.6 Å². The Morgan fingerprint density at radius 3 is 2.25 bits per heavy atom. The Bertz CT molecular complexity index is 178. The fraction of sp³-hybridized carbons (Fsp3) is 0.857. The van der Waals surface area contributed by atoms with E-state index in [0.717, 1.165) is 0 Å². The van der Waals surface area contributed by atoms with E-state index in [0.29, 0.717) is 6.42 Å². The lowest BCUT2D eigenvalue weighted by Gasteiger charge is -2.24. The predicted octanol–water partition coefficient (Wildman–Crippen LogP) is -1.81. The maximum absolute atomic E-state index is 11.5. The van der Waals surface area contributed by atoms with E-state index in [1.54, 1.807) is 14.1 Å². The molecule has 1 saturated heterocycles. The van der Waals surface area contributed by atoms with Crippen molar-refractivity contribution in [2.75, 3.05) is 21.1 Å². The second-order valence-corrected chi connectivity index (χ2v) is 2.92. The average molecular weight is 172 g/mol. The van der Waals surface area contributed by atoms with Crippen LogP contribution in [0, 0.1) is 0 Å². The van der Waals surface area contributed by atoms with Crippen molar-refractivity contribution in [1.29, 1.82) is 0 Å². The molecule has 1 unspecified atom stereocenters. The molecule has 0 aromatic carbocycles. The molecule has 0 aliphatic carbocycles. The van der Waals surface area contributed by atoms with E-state index in [1.807, 2.05) is 7.05 Å². The Morgan fingerprint density at radius 2 is 2.00 bits per heavy atom. The molecule has 5 nitrogen and oxygen atoms in total. The number of amides is 1. The Morgan fingerprint density at radius 1 is 1.42 bits per heavy atom. The summed E-state index contributed by atoms with van der Waals surface area (Å²) in [5.41, 5.74) is -0.603. The number of carbonyl (C=O) groups excluding carboxylic acids is 1. The third-order valence-electron chi connectivity index (χ3n) is 2.41. The van der Waals surface area contributed by atoms with Gasteiger partial charge in [0, 0.05) is 6.42 Å². The highest BCUT2D eigenvalue weighted by Gasteiger charge is 2.44. The van der Waals surface area contributed by atoms with E-state index in [1.165, 1.54) is 0 Å². The van der Waals surface area contributed by atoms with Gasteiger partial charge in [-0.15, -0.1) is 0 Å². The predicted molar refractivity (Wildman–Crippen MR) is 46.5 cm³/mol. The minimum atomic E-state index is -0.603. The number of hydrogen-bond donors (Lipinski definition) is 4. The molecule has 0 aromatic heterocycles. The van der Waals surface area contributed by atoms with E-state index < -0.39 is 5.66 Å². The topological polar surface area (TPSA) is 65.2 Å². The summed E-state index contributed by atoms with van der Waals surface area (Å²) >= 11 is 0. The highest BCUT2D eigenvalue weighted by Crippen LogP contribution is 2.14. The van der Waals surface area contributed by atoms with Crippen LogP contribution in [0.1, 0.15) is 6.42 Å². The molecule has 70 valence electrons. The summed E-state index contributed by atoms with van der Waals surface area (Å²) in [6, 6.07) is 0. The molecule has 0 bridgehead atoms. The Hall–Kier alpha value is -0.650. The average Bonchev–Trinajstić information content (AvgIpc) is 2.43. The molecule has 1 aliphatic rings. The minimum absolute atomic E-state index is 0.00755. The third kappa shape index (κ3) is 1.31. The van der Waals surface area contributed by atoms with E-state index in [9.17, 15) is 4.79 Å². The van der Waals surface area contributed by atoms with Gasteiger partial charge in [0.2, 0.25) is 0 Å². The molecule has 0 spiro atoms. The highest BCUT2D eigenvalue weighted by atomic mass is 16.2. The molecule has 1 rings (SSSR count). The van der Waals surface area contributed by atoms with Crippen LogP contribution in [0.3, 0.4) is 0 Å². The van der Waals surface area contributed by atoms with Crippen LogP contribution in [0.5, 0.6) is 0 Å². The van der Waals surface area contributed by atoms with Gasteiger partial charge in [0.1, 0.15) is 0 Å². The molecule has 12 heavy (non-hydrogen) atoms. The number of nitrogens with one attached hydrogen (secondary N) is 4. The Balaban J connectivity index is 2.72. The van der Waals surface area contributed by atoms with Gasteiger partial charge in [-0.3, -0.25) is 15.4 Å². The summed E-state index contributed by atoms with van der Waals surface area (Å²) in [7, 11) is 5.37. The van der Waals surface area contributed by atoms with Crippen molar-refractivity contribution in [2.45, 2.75) is 18.2 Å². The normalized spacial score (nSPS) is 27.2. The number of rotatable bonds is 3. The maximum Gasteiger partial charge on any atom is 0.256 e. The largest absolute Gasteiger partial charge is 0.338 e. The van der Waals surface area contributed by atoms with Crippen LogP contribution in [0.25, 0.3) is 0 Å². The monoisotopic (exact) mass is 172 g/mol. The van der Waals surface area contributed by atoms with Gasteiger partial charge in [0.05, 0.1) is 6.17 Å². The van der Waals surface area contributed by atoms with Crippen LogP contribution in [0.4, 0.5) is 0 Å². The standard InChI is InChI=1S/C7H16N4O/c1-8-5-4-7(9-2,10-3)6(12)11-5/h5,8-10H,4H2,1-3H3,(H,11,12). The molecule has 0 radical (unpaired) electrons. The molecule has 1 aliphatic heterocycles. The lowest BCUT2D eigenvalue weighted by molar-refractivity contribution is -0.125. The second kappa shape index (κ2) is 3.38. The maximum atomic E-state index is 11.5. The number of carbonyl (C=O) groups is 1. The van der Waals surface area contributed by atoms with Crippen LogP contribution < -0.4 is 21.3 Å². The van der Waals surface area contributed by atoms with Crippen molar-refractivity contribution >= 4 is 5.91 Å². The van der Waals surface area contributed by atoms with Gasteiger partial charge in [-0.2, -0.15) is 0 Å². The van der Waals surface area contributed by atoms with Gasteiger partial charge in [0.15, 0.2) is 5.66 Å². The summed E-state index contributed by atoms with van der Waals surface area (Å²) in [6.07, 6.45) is 0.757. The van der Waals surface area contributed by atoms with Crippen LogP contribution >= 0.6 is 0 Å². The van der Waals surface area contributed by atoms with Crippen LogP contribution in [-0.4, -0.2) is 38.9 Å². The van der Waals surface area contributed by atoms with Crippen molar-refractivity contribution in [1.82, 2.24) is 21.3 Å². The van der Waals surface area contributed by atoms with Gasteiger partial charge in [-0.1, -0.05) is 0 Å². The number of likely N-dealkylation sites (N-methyl/N-ethyl adjacent to an activating group) is 2. The number of hydrogen-bond acceptors (Lipinski definition) is 4. The summed E-state index contributed by atoms with van der Waals surface area (Å²) in [5.74, 6) is -0.00755. The van der Waals surface area contributed by atoms with Crippen molar-refractivity contribution in [3.8, 4) is 0 Å². The molecule has 0 saturated carbocycles. The Labute approximate surface area is 72.3 Å². The van der Waals surface area contributed by atoms with Crippen molar-refractivity contribution in [3.05, 3.63) is 0 Å². The molecule has 0 aromatic rings. The SMILES string of the molecule is CNC1CC(NC)(NC)C(=O)N1. The summed E-state index contributed by atoms with van der Waals surface area (Å²) in [4.78, 5) is 11.5. The summed E-state index contributed by atoms with van der Waals surface area (Å²) in [6.45, 7) is 0. The molecule has 1 amide bonds. The van der Waals surface area contributed by atoms with E-state index in [4.69, 9.17) is 0 Å². The molecule has 4 N–H and O–H groups in total. The van der Waals surface area contributed by atoms with Gasteiger partial charge in [-0.05, 0) is 21.1 Å². The molecular formula is C7H16N4O. The van der Waals surface area contributed by atoms with Crippen LogP contribution in [-0.2, 0) is 4.79 Å². The first-order valence-electron chi connectivity index (χ1n) is 4.04. The summed E-state index contributed by atoms with van der Waals surface area (Å²) in [5, 5.41) is 11.8. The zero-order valence-corrected chi connectivity index (χ0v) is 7.69. The first-order chi connectivity index (χ1) is 5.68. The van der Waals surface area contributed by atoms with E-state index in [-0.39, 0.29) is 12.1 Å². The van der Waals surface area contributed by atoms with E-state index in [2.05, 4.69) is 21.3 Å². The quantitative estimate of drug-likeness (QED) is 0.379. The lowest BCUT2D eigenvalue weighted by atomic mass is 10.1. The molecule has 1 atom stereocenters. The lowest BCUT2D eigenvalue weighted by Crippen LogP contribution is -2.58. The summed E-state index contributed by atoms with van der Waals surface area (Å²) < 4.78 is 0. The molecular weight excluding hydrogens is 156 g/mol. The first-order valence-corrected chi connectivity index (χ1v) is 4.04. The van der Waals surface area contributed by atoms with Crippen LogP contribution in [0.2, 0.25) is 0 Å². The minimum Gasteiger partial charge on any atom is -0.338 e. The molecule has 1 heterocycles. The van der Waals surface area contributed by atoms with Crippen molar-refractivity contribution < 1.29 is 4.79 Å². The zero-order chi connectivity index (χ0) is 9.19.